The Morgan fingerprint density at radius 3 is 1.83 bits per heavy atom. The van der Waals surface area contributed by atoms with Crippen LogP contribution >= 0.6 is 0 Å². The van der Waals surface area contributed by atoms with Crippen LogP contribution in [0.1, 0.15) is 94.0 Å². The molecule has 0 unspecified atom stereocenters. The van der Waals surface area contributed by atoms with Gasteiger partial charge < -0.3 is 9.47 Å². The van der Waals surface area contributed by atoms with Crippen molar-refractivity contribution in [1.82, 2.24) is 0 Å². The molecule has 2 heteroatoms. The van der Waals surface area contributed by atoms with E-state index in [1.54, 1.807) is 7.11 Å². The van der Waals surface area contributed by atoms with Gasteiger partial charge in [-0.05, 0) is 70.2 Å². The lowest BCUT2D eigenvalue weighted by molar-refractivity contribution is 0.178. The molecule has 0 bridgehead atoms. The molecule has 2 nitrogen and oxygen atoms in total. The summed E-state index contributed by atoms with van der Waals surface area (Å²) in [7, 11) is 1.71. The van der Waals surface area contributed by atoms with Gasteiger partial charge in [0.15, 0.2) is 0 Å². The van der Waals surface area contributed by atoms with Crippen LogP contribution in [0.5, 0.6) is 5.75 Å². The molecule has 0 saturated carbocycles. The van der Waals surface area contributed by atoms with Crippen molar-refractivity contribution in [3.05, 3.63) is 70.3 Å². The van der Waals surface area contributed by atoms with Gasteiger partial charge in [-0.2, -0.15) is 0 Å². The van der Waals surface area contributed by atoms with Gasteiger partial charge in [0.2, 0.25) is 0 Å². The van der Waals surface area contributed by atoms with Gasteiger partial charge in [-0.3, -0.25) is 0 Å². The Morgan fingerprint density at radius 2 is 1.41 bits per heavy atom. The van der Waals surface area contributed by atoms with E-state index < -0.39 is 0 Å². The van der Waals surface area contributed by atoms with Crippen molar-refractivity contribution in [3.8, 4) is 5.75 Å². The molecule has 0 aliphatic heterocycles. The summed E-state index contributed by atoms with van der Waals surface area (Å²) in [5.74, 6) is 2.27. The van der Waals surface area contributed by atoms with Crippen LogP contribution in [-0.4, -0.2) is 20.3 Å². The van der Waals surface area contributed by atoms with E-state index in [0.29, 0.717) is 31.0 Å². The van der Waals surface area contributed by atoms with Crippen LogP contribution in [0.2, 0.25) is 0 Å². The maximum Gasteiger partial charge on any atom is 0.118 e. The first-order valence-corrected chi connectivity index (χ1v) is 10.9. The molecule has 0 spiro atoms. The van der Waals surface area contributed by atoms with Gasteiger partial charge in [-0.1, -0.05) is 71.9 Å². The lowest BCUT2D eigenvalue weighted by Crippen LogP contribution is -2.08. The Balaban J connectivity index is 2.77. The SMILES string of the molecule is CCOC/C=C(/c1ccc(OC)cc1)c1c(C(C)C)cc(C(C)C)cc1C(C)C. The highest BCUT2D eigenvalue weighted by Gasteiger charge is 2.21. The third kappa shape index (κ3) is 5.73. The second-order valence-corrected chi connectivity index (χ2v) is 8.54. The molecule has 0 atom stereocenters. The van der Waals surface area contributed by atoms with Crippen molar-refractivity contribution in [2.24, 2.45) is 0 Å². The zero-order valence-electron chi connectivity index (χ0n) is 19.5. The van der Waals surface area contributed by atoms with Gasteiger partial charge >= 0.3 is 0 Å². The van der Waals surface area contributed by atoms with Crippen LogP contribution in [0.3, 0.4) is 0 Å². The number of benzene rings is 2. The molecule has 2 rings (SSSR count). The Kier molecular flexibility index (Phi) is 8.52. The topological polar surface area (TPSA) is 18.5 Å². The molecule has 0 aliphatic rings. The van der Waals surface area contributed by atoms with Gasteiger partial charge in [0, 0.05) is 6.61 Å². The van der Waals surface area contributed by atoms with Crippen molar-refractivity contribution in [2.75, 3.05) is 20.3 Å². The summed E-state index contributed by atoms with van der Waals surface area (Å²) in [5, 5.41) is 0. The molecular formula is C27H38O2. The number of hydrogen-bond donors (Lipinski definition) is 0. The van der Waals surface area contributed by atoms with Crippen molar-refractivity contribution < 1.29 is 9.47 Å². The summed E-state index contributed by atoms with van der Waals surface area (Å²) in [4.78, 5) is 0. The summed E-state index contributed by atoms with van der Waals surface area (Å²) in [5.41, 5.74) is 8.07. The minimum absolute atomic E-state index is 0.440. The Bertz CT molecular complexity index is 782. The minimum Gasteiger partial charge on any atom is -0.497 e. The summed E-state index contributed by atoms with van der Waals surface area (Å²) in [6.07, 6.45) is 2.24. The molecule has 0 aliphatic carbocycles. The molecule has 158 valence electrons. The van der Waals surface area contributed by atoms with E-state index in [0.717, 1.165) is 5.75 Å². The molecule has 29 heavy (non-hydrogen) atoms. The first-order chi connectivity index (χ1) is 13.8. The molecule has 0 heterocycles. The highest BCUT2D eigenvalue weighted by Crippen LogP contribution is 2.39. The zero-order valence-corrected chi connectivity index (χ0v) is 19.5. The molecule has 0 fully saturated rings. The predicted molar refractivity (Wildman–Crippen MR) is 125 cm³/mol. The molecule has 0 aromatic heterocycles. The van der Waals surface area contributed by atoms with Gasteiger partial charge in [0.1, 0.15) is 5.75 Å². The summed E-state index contributed by atoms with van der Waals surface area (Å²) < 4.78 is 11.1. The standard InChI is InChI=1S/C27H38O2/c1-9-29-15-14-24(21-10-12-23(28-8)13-11-21)27-25(19(4)5)16-22(18(2)3)17-26(27)20(6)7/h10-14,16-20H,9,15H2,1-8H3/b24-14-. The average molecular weight is 395 g/mol. The first-order valence-electron chi connectivity index (χ1n) is 10.9. The van der Waals surface area contributed by atoms with E-state index in [1.807, 2.05) is 19.1 Å². The molecule has 0 radical (unpaired) electrons. The maximum atomic E-state index is 5.71. The monoisotopic (exact) mass is 394 g/mol. The van der Waals surface area contributed by atoms with Gasteiger partial charge in [0.25, 0.3) is 0 Å². The number of rotatable bonds is 9. The van der Waals surface area contributed by atoms with Crippen molar-refractivity contribution in [3.63, 3.8) is 0 Å². The fourth-order valence-corrected chi connectivity index (χ4v) is 3.66. The van der Waals surface area contributed by atoms with Crippen LogP contribution in [0.25, 0.3) is 5.57 Å². The molecule has 0 N–H and O–H groups in total. The van der Waals surface area contributed by atoms with Crippen LogP contribution in [0.15, 0.2) is 42.5 Å². The quantitative estimate of drug-likeness (QED) is 0.409. The number of methoxy groups -OCH3 is 1. The second kappa shape index (κ2) is 10.6. The Labute approximate surface area is 178 Å². The summed E-state index contributed by atoms with van der Waals surface area (Å²) in [6, 6.07) is 13.2. The van der Waals surface area contributed by atoms with E-state index in [1.165, 1.54) is 33.4 Å². The van der Waals surface area contributed by atoms with Crippen LogP contribution in [0, 0.1) is 0 Å². The third-order valence-corrected chi connectivity index (χ3v) is 5.41. The van der Waals surface area contributed by atoms with Gasteiger partial charge in [0.05, 0.1) is 13.7 Å². The number of ether oxygens (including phenoxy) is 2. The second-order valence-electron chi connectivity index (χ2n) is 8.54. The van der Waals surface area contributed by atoms with E-state index in [-0.39, 0.29) is 0 Å². The zero-order chi connectivity index (χ0) is 21.6. The first kappa shape index (κ1) is 23.2. The molecule has 0 amide bonds. The van der Waals surface area contributed by atoms with Crippen LogP contribution < -0.4 is 4.74 Å². The van der Waals surface area contributed by atoms with Crippen molar-refractivity contribution in [2.45, 2.75) is 66.2 Å². The van der Waals surface area contributed by atoms with Gasteiger partial charge in [-0.15, -0.1) is 0 Å². The van der Waals surface area contributed by atoms with Crippen LogP contribution in [-0.2, 0) is 4.74 Å². The molecule has 0 saturated heterocycles. The molecular weight excluding hydrogens is 356 g/mol. The maximum absolute atomic E-state index is 5.71. The van der Waals surface area contributed by atoms with Crippen molar-refractivity contribution >= 4 is 5.57 Å². The minimum atomic E-state index is 0.440. The molecule has 2 aromatic carbocycles. The summed E-state index contributed by atoms with van der Waals surface area (Å²) >= 11 is 0. The molecule has 2 aromatic rings. The average Bonchev–Trinajstić information content (AvgIpc) is 2.70. The Morgan fingerprint density at radius 1 is 0.862 bits per heavy atom. The largest absolute Gasteiger partial charge is 0.497 e. The summed E-state index contributed by atoms with van der Waals surface area (Å²) in [6.45, 7) is 17.1. The lowest BCUT2D eigenvalue weighted by atomic mass is 9.80. The lowest BCUT2D eigenvalue weighted by Gasteiger charge is -2.25. The van der Waals surface area contributed by atoms with E-state index in [9.17, 15) is 0 Å². The normalized spacial score (nSPS) is 12.3. The third-order valence-electron chi connectivity index (χ3n) is 5.41. The van der Waals surface area contributed by atoms with E-state index in [2.05, 4.69) is 71.9 Å². The highest BCUT2D eigenvalue weighted by atomic mass is 16.5. The van der Waals surface area contributed by atoms with Crippen LogP contribution in [0.4, 0.5) is 0 Å². The van der Waals surface area contributed by atoms with E-state index in [4.69, 9.17) is 9.47 Å². The Hall–Kier alpha value is -2.06. The van der Waals surface area contributed by atoms with E-state index >= 15 is 0 Å². The van der Waals surface area contributed by atoms with Crippen molar-refractivity contribution in [1.29, 1.82) is 0 Å². The predicted octanol–water partition coefficient (Wildman–Crippen LogP) is 7.53. The highest BCUT2D eigenvalue weighted by molar-refractivity contribution is 5.84. The smallest absolute Gasteiger partial charge is 0.118 e. The van der Waals surface area contributed by atoms with Gasteiger partial charge in [-0.25, -0.2) is 0 Å². The fraction of sp³-hybridized carbons (Fsp3) is 0.481. The fourth-order valence-electron chi connectivity index (χ4n) is 3.66. The number of hydrogen-bond acceptors (Lipinski definition) is 2.